The number of aliphatic carboxylic acids is 1. The van der Waals surface area contributed by atoms with Gasteiger partial charge in [-0.25, -0.2) is 4.79 Å². The molecular formula is C21H23NO2. The highest BCUT2D eigenvalue weighted by Crippen LogP contribution is 2.56. The molecule has 3 nitrogen and oxygen atoms in total. The van der Waals surface area contributed by atoms with Gasteiger partial charge in [0.2, 0.25) is 0 Å². The first-order chi connectivity index (χ1) is 11.6. The third-order valence-corrected chi connectivity index (χ3v) is 6.68. The Morgan fingerprint density at radius 3 is 2.50 bits per heavy atom. The molecule has 0 amide bonds. The Hall–Kier alpha value is -2.03. The van der Waals surface area contributed by atoms with Gasteiger partial charge in [-0.1, -0.05) is 30.4 Å². The van der Waals surface area contributed by atoms with E-state index in [1.165, 1.54) is 27.9 Å². The van der Waals surface area contributed by atoms with Crippen molar-refractivity contribution in [2.75, 3.05) is 11.4 Å². The van der Waals surface area contributed by atoms with Crippen molar-refractivity contribution in [3.05, 3.63) is 52.6 Å². The maximum Gasteiger partial charge on any atom is 0.326 e. The van der Waals surface area contributed by atoms with Crippen LogP contribution in [0.2, 0.25) is 0 Å². The number of benzene rings is 1. The van der Waals surface area contributed by atoms with E-state index in [0.717, 1.165) is 19.4 Å². The average Bonchev–Trinajstić information content (AvgIpc) is 3.17. The van der Waals surface area contributed by atoms with E-state index in [1.807, 2.05) is 0 Å². The lowest BCUT2D eigenvalue weighted by atomic mass is 9.70. The molecule has 0 saturated heterocycles. The smallest absolute Gasteiger partial charge is 0.326 e. The second-order valence-electron chi connectivity index (χ2n) is 7.92. The largest absolute Gasteiger partial charge is 0.480 e. The van der Waals surface area contributed by atoms with Crippen molar-refractivity contribution in [1.29, 1.82) is 0 Å². The molecule has 4 aliphatic rings. The summed E-state index contributed by atoms with van der Waals surface area (Å²) in [5.74, 6) is 0.772. The molecule has 2 heterocycles. The van der Waals surface area contributed by atoms with Crippen molar-refractivity contribution < 1.29 is 9.90 Å². The number of hydrogen-bond donors (Lipinski definition) is 1. The maximum atomic E-state index is 12.2. The summed E-state index contributed by atoms with van der Waals surface area (Å²) < 4.78 is 0. The highest BCUT2D eigenvalue weighted by atomic mass is 16.4. The summed E-state index contributed by atoms with van der Waals surface area (Å²) in [5, 5.41) is 10.0. The molecular weight excluding hydrogens is 298 g/mol. The minimum Gasteiger partial charge on any atom is -0.480 e. The molecule has 5 atom stereocenters. The normalized spacial score (nSPS) is 34.9. The Balaban J connectivity index is 1.82. The minimum atomic E-state index is -0.658. The molecule has 3 heteroatoms. The van der Waals surface area contributed by atoms with E-state index in [0.29, 0.717) is 11.8 Å². The van der Waals surface area contributed by atoms with Crippen LogP contribution in [0.25, 0.3) is 0 Å². The number of allylic oxidation sites excluding steroid dienone is 4. The minimum absolute atomic E-state index is 0.176. The van der Waals surface area contributed by atoms with Crippen LogP contribution < -0.4 is 4.90 Å². The van der Waals surface area contributed by atoms with Crippen LogP contribution in [0.5, 0.6) is 0 Å². The number of carboxylic acid groups (broad SMARTS) is 1. The van der Waals surface area contributed by atoms with Gasteiger partial charge >= 0.3 is 5.97 Å². The van der Waals surface area contributed by atoms with Gasteiger partial charge in [-0.3, -0.25) is 0 Å². The second kappa shape index (κ2) is 4.75. The summed E-state index contributed by atoms with van der Waals surface area (Å²) in [7, 11) is 0. The fourth-order valence-electron chi connectivity index (χ4n) is 5.82. The summed E-state index contributed by atoms with van der Waals surface area (Å²) in [6, 6.07) is 1.93. The molecule has 5 rings (SSSR count). The van der Waals surface area contributed by atoms with E-state index in [-0.39, 0.29) is 17.9 Å². The molecule has 0 bridgehead atoms. The standard InChI is InChI=1S/C21H23NO2/c1-11-9-12(2)18-15-7-4-8-16(15)19(21(23)24)22-10-13-5-3-6-14(13)17(11)20(18)22/h3-4,6-7,9,13-16,19H,5,8,10H2,1-2H3,(H,23,24)/t13-,14+,15-,16-,19-/m0/s1. The highest BCUT2D eigenvalue weighted by Gasteiger charge is 2.50. The molecule has 1 aromatic carbocycles. The van der Waals surface area contributed by atoms with E-state index in [9.17, 15) is 9.90 Å². The van der Waals surface area contributed by atoms with Gasteiger partial charge in [0, 0.05) is 30.0 Å². The number of rotatable bonds is 1. The van der Waals surface area contributed by atoms with E-state index in [1.54, 1.807) is 0 Å². The van der Waals surface area contributed by atoms with Crippen molar-refractivity contribution in [2.24, 2.45) is 11.8 Å². The highest BCUT2D eigenvalue weighted by molar-refractivity contribution is 5.84. The van der Waals surface area contributed by atoms with Crippen LogP contribution in [0.1, 0.15) is 46.9 Å². The van der Waals surface area contributed by atoms with Gasteiger partial charge in [0.05, 0.1) is 0 Å². The molecule has 1 N–H and O–H groups in total. The zero-order valence-corrected chi connectivity index (χ0v) is 14.2. The van der Waals surface area contributed by atoms with Crippen LogP contribution in [0, 0.1) is 25.7 Å². The van der Waals surface area contributed by atoms with Crippen molar-refractivity contribution in [3.63, 3.8) is 0 Å². The van der Waals surface area contributed by atoms with Gasteiger partial charge in [-0.15, -0.1) is 0 Å². The number of fused-ring (bicyclic) bond motifs is 4. The van der Waals surface area contributed by atoms with E-state index >= 15 is 0 Å². The first-order valence-corrected chi connectivity index (χ1v) is 9.04. The zero-order chi connectivity index (χ0) is 16.6. The monoisotopic (exact) mass is 321 g/mol. The Bertz CT molecular complexity index is 786. The van der Waals surface area contributed by atoms with Crippen LogP contribution in [0.3, 0.4) is 0 Å². The quantitative estimate of drug-likeness (QED) is 0.797. The molecule has 0 unspecified atom stereocenters. The summed E-state index contributed by atoms with van der Waals surface area (Å²) in [5.41, 5.74) is 6.68. The number of anilines is 1. The summed E-state index contributed by atoms with van der Waals surface area (Å²) >= 11 is 0. The van der Waals surface area contributed by atoms with Crippen molar-refractivity contribution in [2.45, 2.75) is 44.6 Å². The Labute approximate surface area is 142 Å². The number of carbonyl (C=O) groups is 1. The van der Waals surface area contributed by atoms with Crippen LogP contribution in [0.15, 0.2) is 30.4 Å². The Morgan fingerprint density at radius 2 is 1.75 bits per heavy atom. The van der Waals surface area contributed by atoms with Gasteiger partial charge in [0.25, 0.3) is 0 Å². The summed E-state index contributed by atoms with van der Waals surface area (Å²) in [6.45, 7) is 5.27. The molecule has 0 saturated carbocycles. The lowest BCUT2D eigenvalue weighted by molar-refractivity contribution is -0.140. The SMILES string of the molecule is Cc1cc(C)c2c3c1[C@H]1C=CC[C@@H]1[C@@H](C(=O)O)N3C[C@@H]1CC=C[C@@H]21. The van der Waals surface area contributed by atoms with Gasteiger partial charge in [-0.2, -0.15) is 0 Å². The average molecular weight is 321 g/mol. The molecule has 0 spiro atoms. The molecule has 24 heavy (non-hydrogen) atoms. The second-order valence-corrected chi connectivity index (χ2v) is 7.92. The van der Waals surface area contributed by atoms with Crippen molar-refractivity contribution in [3.8, 4) is 0 Å². The van der Waals surface area contributed by atoms with Crippen molar-refractivity contribution >= 4 is 11.7 Å². The number of aryl methyl sites for hydroxylation is 2. The lowest BCUT2D eigenvalue weighted by Crippen LogP contribution is -2.54. The molecule has 0 aromatic heterocycles. The van der Waals surface area contributed by atoms with E-state index in [2.05, 4.69) is 49.1 Å². The van der Waals surface area contributed by atoms with Crippen LogP contribution >= 0.6 is 0 Å². The van der Waals surface area contributed by atoms with Crippen LogP contribution in [0.4, 0.5) is 5.69 Å². The molecule has 0 radical (unpaired) electrons. The van der Waals surface area contributed by atoms with E-state index < -0.39 is 5.97 Å². The first-order valence-electron chi connectivity index (χ1n) is 9.04. The summed E-state index contributed by atoms with van der Waals surface area (Å²) in [4.78, 5) is 14.4. The van der Waals surface area contributed by atoms with Gasteiger partial charge in [-0.05, 0) is 54.9 Å². The summed E-state index contributed by atoms with van der Waals surface area (Å²) in [6.07, 6.45) is 11.0. The molecule has 2 aliphatic carbocycles. The van der Waals surface area contributed by atoms with Gasteiger partial charge in [0.15, 0.2) is 0 Å². The number of nitrogens with zero attached hydrogens (tertiary/aromatic N) is 1. The first kappa shape index (κ1) is 14.3. The van der Waals surface area contributed by atoms with Crippen LogP contribution in [-0.4, -0.2) is 23.7 Å². The number of hydrogen-bond acceptors (Lipinski definition) is 2. The fourth-order valence-corrected chi connectivity index (χ4v) is 5.82. The topological polar surface area (TPSA) is 40.5 Å². The maximum absolute atomic E-state index is 12.2. The van der Waals surface area contributed by atoms with E-state index in [4.69, 9.17) is 0 Å². The van der Waals surface area contributed by atoms with Gasteiger partial charge < -0.3 is 10.0 Å². The van der Waals surface area contributed by atoms with Gasteiger partial charge in [0.1, 0.15) is 6.04 Å². The third kappa shape index (κ3) is 1.65. The number of carboxylic acids is 1. The Kier molecular flexibility index (Phi) is 2.83. The fraction of sp³-hybridized carbons (Fsp3) is 0.476. The Morgan fingerprint density at radius 1 is 1.08 bits per heavy atom. The molecule has 124 valence electrons. The predicted octanol–water partition coefficient (Wildman–Crippen LogP) is 3.91. The third-order valence-electron chi connectivity index (χ3n) is 6.68. The zero-order valence-electron chi connectivity index (χ0n) is 14.2. The molecule has 1 aromatic rings. The molecule has 2 aliphatic heterocycles. The predicted molar refractivity (Wildman–Crippen MR) is 94.7 cm³/mol. The van der Waals surface area contributed by atoms with Crippen molar-refractivity contribution in [1.82, 2.24) is 0 Å². The van der Waals surface area contributed by atoms with Crippen LogP contribution in [-0.2, 0) is 4.79 Å². The lowest BCUT2D eigenvalue weighted by Gasteiger charge is -2.50. The molecule has 0 fully saturated rings.